The fourth-order valence-electron chi connectivity index (χ4n) is 2.93. The monoisotopic (exact) mass is 333 g/mol. The number of thiazole rings is 1. The highest BCUT2D eigenvalue weighted by Crippen LogP contribution is 2.21. The molecule has 0 saturated carbocycles. The molecule has 2 aromatic rings. The largest absolute Gasteiger partial charge is 0.379 e. The van der Waals surface area contributed by atoms with Gasteiger partial charge in [-0.15, -0.1) is 11.3 Å². The minimum absolute atomic E-state index is 0.0202. The number of aromatic nitrogens is 1. The SMILES string of the molecule is CC[C@](C)(CNC(=O)c1ccc2ncsc2c1)N1CCOCC1. The van der Waals surface area contributed by atoms with Gasteiger partial charge < -0.3 is 10.1 Å². The fourth-order valence-corrected chi connectivity index (χ4v) is 3.65. The minimum Gasteiger partial charge on any atom is -0.379 e. The van der Waals surface area contributed by atoms with Crippen molar-refractivity contribution < 1.29 is 9.53 Å². The van der Waals surface area contributed by atoms with Crippen LogP contribution in [0.25, 0.3) is 10.2 Å². The molecule has 1 atom stereocenters. The van der Waals surface area contributed by atoms with Gasteiger partial charge in [0.05, 0.1) is 28.9 Å². The van der Waals surface area contributed by atoms with Crippen molar-refractivity contribution in [3.8, 4) is 0 Å². The van der Waals surface area contributed by atoms with E-state index >= 15 is 0 Å². The number of ether oxygens (including phenoxy) is 1. The third kappa shape index (κ3) is 3.54. The second-order valence-electron chi connectivity index (χ2n) is 6.17. The van der Waals surface area contributed by atoms with Crippen LogP contribution < -0.4 is 5.32 Å². The highest BCUT2D eigenvalue weighted by atomic mass is 32.1. The molecule has 0 unspecified atom stereocenters. The molecule has 5 nitrogen and oxygen atoms in total. The summed E-state index contributed by atoms with van der Waals surface area (Å²) in [5.74, 6) is -0.0202. The molecule has 1 aliphatic heterocycles. The molecule has 1 saturated heterocycles. The van der Waals surface area contributed by atoms with E-state index in [4.69, 9.17) is 4.74 Å². The topological polar surface area (TPSA) is 54.5 Å². The maximum absolute atomic E-state index is 12.5. The smallest absolute Gasteiger partial charge is 0.251 e. The molecule has 23 heavy (non-hydrogen) atoms. The maximum atomic E-state index is 12.5. The molecular formula is C17H23N3O2S. The van der Waals surface area contributed by atoms with E-state index in [1.807, 2.05) is 18.2 Å². The predicted octanol–water partition coefficient (Wildman–Crippen LogP) is 2.53. The Morgan fingerprint density at radius 2 is 2.22 bits per heavy atom. The van der Waals surface area contributed by atoms with E-state index in [1.165, 1.54) is 0 Å². The van der Waals surface area contributed by atoms with Crippen molar-refractivity contribution in [3.63, 3.8) is 0 Å². The second-order valence-corrected chi connectivity index (χ2v) is 7.05. The molecule has 124 valence electrons. The summed E-state index contributed by atoms with van der Waals surface area (Å²) in [4.78, 5) is 19.2. The van der Waals surface area contributed by atoms with Crippen LogP contribution in [-0.4, -0.2) is 54.2 Å². The Kier molecular flexibility index (Phi) is 4.94. The first-order valence-electron chi connectivity index (χ1n) is 8.06. The second kappa shape index (κ2) is 6.95. The Hall–Kier alpha value is -1.50. The van der Waals surface area contributed by atoms with E-state index in [-0.39, 0.29) is 11.4 Å². The average molecular weight is 333 g/mol. The zero-order chi connectivity index (χ0) is 16.3. The van der Waals surface area contributed by atoms with Crippen molar-refractivity contribution in [2.45, 2.75) is 25.8 Å². The summed E-state index contributed by atoms with van der Waals surface area (Å²) in [5.41, 5.74) is 3.41. The molecule has 1 N–H and O–H groups in total. The van der Waals surface area contributed by atoms with Crippen LogP contribution in [0.15, 0.2) is 23.7 Å². The lowest BCUT2D eigenvalue weighted by Crippen LogP contribution is -2.56. The molecule has 0 spiro atoms. The molecule has 1 aromatic heterocycles. The third-order valence-corrected chi connectivity index (χ3v) is 5.55. The van der Waals surface area contributed by atoms with Gasteiger partial charge in [-0.2, -0.15) is 0 Å². The van der Waals surface area contributed by atoms with Gasteiger partial charge in [0.2, 0.25) is 0 Å². The molecule has 3 rings (SSSR count). The summed E-state index contributed by atoms with van der Waals surface area (Å²) in [6.45, 7) is 8.41. The van der Waals surface area contributed by atoms with Crippen LogP contribution >= 0.6 is 11.3 Å². The van der Waals surface area contributed by atoms with Crippen LogP contribution in [0.1, 0.15) is 30.6 Å². The number of nitrogens with one attached hydrogen (secondary N) is 1. The van der Waals surface area contributed by atoms with Crippen molar-refractivity contribution in [1.82, 2.24) is 15.2 Å². The number of rotatable bonds is 5. The number of benzene rings is 1. The van der Waals surface area contributed by atoms with Crippen LogP contribution in [0, 0.1) is 0 Å². The van der Waals surface area contributed by atoms with E-state index in [0.717, 1.165) is 42.9 Å². The number of hydrogen-bond acceptors (Lipinski definition) is 5. The number of hydrogen-bond donors (Lipinski definition) is 1. The zero-order valence-electron chi connectivity index (χ0n) is 13.7. The van der Waals surface area contributed by atoms with Crippen LogP contribution in [0.2, 0.25) is 0 Å². The Balaban J connectivity index is 1.66. The van der Waals surface area contributed by atoms with Crippen molar-refractivity contribution in [2.75, 3.05) is 32.8 Å². The van der Waals surface area contributed by atoms with E-state index in [2.05, 4.69) is 29.0 Å². The van der Waals surface area contributed by atoms with Gasteiger partial charge in [-0.05, 0) is 31.5 Å². The standard InChI is InChI=1S/C17H23N3O2S/c1-3-17(2,20-6-8-22-9-7-20)11-18-16(21)13-4-5-14-15(10-13)23-12-19-14/h4-5,10,12H,3,6-9,11H2,1-2H3,(H,18,21)/t17-/m1/s1. The van der Waals surface area contributed by atoms with Crippen molar-refractivity contribution in [2.24, 2.45) is 0 Å². The molecule has 6 heteroatoms. The molecule has 1 aromatic carbocycles. The quantitative estimate of drug-likeness (QED) is 0.913. The van der Waals surface area contributed by atoms with Crippen LogP contribution in [0.5, 0.6) is 0 Å². The van der Waals surface area contributed by atoms with Gasteiger partial charge in [-0.3, -0.25) is 9.69 Å². The molecule has 2 heterocycles. The summed E-state index contributed by atoms with van der Waals surface area (Å²) in [6, 6.07) is 5.66. The van der Waals surface area contributed by atoms with Crippen molar-refractivity contribution >= 4 is 27.5 Å². The number of fused-ring (bicyclic) bond motifs is 1. The predicted molar refractivity (Wildman–Crippen MR) is 93.0 cm³/mol. The molecule has 1 amide bonds. The van der Waals surface area contributed by atoms with Gasteiger partial charge in [0, 0.05) is 30.7 Å². The number of morpholine rings is 1. The van der Waals surface area contributed by atoms with E-state index in [0.29, 0.717) is 12.1 Å². The van der Waals surface area contributed by atoms with Gasteiger partial charge in [0.25, 0.3) is 5.91 Å². The number of amides is 1. The Bertz CT molecular complexity index is 681. The molecule has 0 radical (unpaired) electrons. The van der Waals surface area contributed by atoms with Gasteiger partial charge >= 0.3 is 0 Å². The zero-order valence-corrected chi connectivity index (χ0v) is 14.5. The van der Waals surface area contributed by atoms with Gasteiger partial charge in [0.1, 0.15) is 0 Å². The lowest BCUT2D eigenvalue weighted by molar-refractivity contribution is -0.0169. The normalized spacial score (nSPS) is 18.7. The summed E-state index contributed by atoms with van der Waals surface area (Å²) in [6.07, 6.45) is 0.987. The Morgan fingerprint density at radius 3 is 2.96 bits per heavy atom. The maximum Gasteiger partial charge on any atom is 0.251 e. The van der Waals surface area contributed by atoms with E-state index in [1.54, 1.807) is 16.8 Å². The van der Waals surface area contributed by atoms with Gasteiger partial charge in [-0.1, -0.05) is 6.92 Å². The molecule has 0 aliphatic carbocycles. The molecule has 0 bridgehead atoms. The first-order valence-corrected chi connectivity index (χ1v) is 8.94. The summed E-state index contributed by atoms with van der Waals surface area (Å²) in [7, 11) is 0. The van der Waals surface area contributed by atoms with Crippen molar-refractivity contribution in [1.29, 1.82) is 0 Å². The summed E-state index contributed by atoms with van der Waals surface area (Å²) >= 11 is 1.56. The molecule has 1 aliphatic rings. The Labute approximate surface area is 140 Å². The summed E-state index contributed by atoms with van der Waals surface area (Å²) < 4.78 is 6.48. The van der Waals surface area contributed by atoms with E-state index in [9.17, 15) is 4.79 Å². The lowest BCUT2D eigenvalue weighted by Gasteiger charge is -2.43. The van der Waals surface area contributed by atoms with Crippen molar-refractivity contribution in [3.05, 3.63) is 29.3 Å². The fraction of sp³-hybridized carbons (Fsp3) is 0.529. The molecule has 1 fully saturated rings. The minimum atomic E-state index is -0.0337. The van der Waals surface area contributed by atoms with Crippen LogP contribution in [-0.2, 0) is 4.74 Å². The molecular weight excluding hydrogens is 310 g/mol. The number of carbonyl (C=O) groups is 1. The first kappa shape index (κ1) is 16.4. The van der Waals surface area contributed by atoms with Crippen LogP contribution in [0.3, 0.4) is 0 Å². The van der Waals surface area contributed by atoms with E-state index < -0.39 is 0 Å². The highest BCUT2D eigenvalue weighted by Gasteiger charge is 2.31. The van der Waals surface area contributed by atoms with Gasteiger partial charge in [-0.25, -0.2) is 4.98 Å². The van der Waals surface area contributed by atoms with Crippen LogP contribution in [0.4, 0.5) is 0 Å². The summed E-state index contributed by atoms with van der Waals surface area (Å²) in [5, 5.41) is 3.11. The Morgan fingerprint density at radius 1 is 1.43 bits per heavy atom. The third-order valence-electron chi connectivity index (χ3n) is 4.76. The first-order chi connectivity index (χ1) is 11.1. The lowest BCUT2D eigenvalue weighted by atomic mass is 9.95. The number of carbonyl (C=O) groups excluding carboxylic acids is 1. The highest BCUT2D eigenvalue weighted by molar-refractivity contribution is 7.16. The van der Waals surface area contributed by atoms with Gasteiger partial charge in [0.15, 0.2) is 0 Å². The average Bonchev–Trinajstić information content (AvgIpc) is 3.07. The number of nitrogens with zero attached hydrogens (tertiary/aromatic N) is 2.